The van der Waals surface area contributed by atoms with Gasteiger partial charge in [-0.3, -0.25) is 0 Å². The topological polar surface area (TPSA) is 40.5 Å². The minimum absolute atomic E-state index is 0.00655. The van der Waals surface area contributed by atoms with Gasteiger partial charge in [0.1, 0.15) is 0 Å². The van der Waals surface area contributed by atoms with Crippen molar-refractivity contribution in [3.05, 3.63) is 12.2 Å². The van der Waals surface area contributed by atoms with Gasteiger partial charge in [0.25, 0.3) is 0 Å². The van der Waals surface area contributed by atoms with Gasteiger partial charge in [-0.25, -0.2) is 0 Å². The van der Waals surface area contributed by atoms with Crippen LogP contribution in [0.15, 0.2) is 12.2 Å². The molecule has 0 aliphatic heterocycles. The summed E-state index contributed by atoms with van der Waals surface area (Å²) in [5, 5.41) is 20.0. The van der Waals surface area contributed by atoms with E-state index in [-0.39, 0.29) is 17.9 Å². The molecule has 0 amide bonds. The minimum Gasteiger partial charge on any atom is -0.396 e. The van der Waals surface area contributed by atoms with Crippen LogP contribution in [0.25, 0.3) is 0 Å². The Morgan fingerprint density at radius 2 is 2.07 bits per heavy atom. The van der Waals surface area contributed by atoms with Gasteiger partial charge < -0.3 is 10.2 Å². The van der Waals surface area contributed by atoms with Crippen molar-refractivity contribution in [1.82, 2.24) is 0 Å². The molecular weight excluding hydrogens is 176 g/mol. The first kappa shape index (κ1) is 10.2. The molecule has 2 aliphatic carbocycles. The molecule has 1 saturated carbocycles. The van der Waals surface area contributed by atoms with E-state index in [0.29, 0.717) is 6.42 Å². The zero-order chi connectivity index (χ0) is 10.2. The fraction of sp³-hybridized carbons (Fsp3) is 0.833. The van der Waals surface area contributed by atoms with Gasteiger partial charge in [-0.15, -0.1) is 0 Å². The van der Waals surface area contributed by atoms with Crippen molar-refractivity contribution in [2.24, 2.45) is 11.3 Å². The zero-order valence-corrected chi connectivity index (χ0v) is 8.87. The number of aliphatic hydroxyl groups is 2. The third-order valence-corrected chi connectivity index (χ3v) is 4.39. The Balaban J connectivity index is 2.32. The monoisotopic (exact) mass is 196 g/mol. The van der Waals surface area contributed by atoms with Gasteiger partial charge in [-0.05, 0) is 25.7 Å². The summed E-state index contributed by atoms with van der Waals surface area (Å²) >= 11 is 0. The molecule has 2 rings (SSSR count). The molecule has 1 fully saturated rings. The lowest BCUT2D eigenvalue weighted by Gasteiger charge is -2.54. The lowest BCUT2D eigenvalue weighted by Crippen LogP contribution is -2.56. The molecule has 2 nitrogen and oxygen atoms in total. The van der Waals surface area contributed by atoms with Crippen molar-refractivity contribution in [3.63, 3.8) is 0 Å². The quantitative estimate of drug-likeness (QED) is 0.628. The van der Waals surface area contributed by atoms with Crippen molar-refractivity contribution in [1.29, 1.82) is 0 Å². The molecule has 2 aliphatic rings. The molecule has 0 aromatic rings. The van der Waals surface area contributed by atoms with Crippen LogP contribution in [0.5, 0.6) is 0 Å². The van der Waals surface area contributed by atoms with Gasteiger partial charge in [0.05, 0.1) is 5.60 Å². The summed E-state index contributed by atoms with van der Waals surface area (Å²) in [4.78, 5) is 0. The van der Waals surface area contributed by atoms with Gasteiger partial charge in [0, 0.05) is 17.9 Å². The first-order valence-corrected chi connectivity index (χ1v) is 5.61. The van der Waals surface area contributed by atoms with Crippen molar-refractivity contribution in [2.75, 3.05) is 6.61 Å². The maximum absolute atomic E-state index is 10.7. The summed E-state index contributed by atoms with van der Waals surface area (Å²) in [6, 6.07) is 0. The molecule has 2 heteroatoms. The number of hydrogen-bond donors (Lipinski definition) is 2. The molecule has 0 heterocycles. The minimum atomic E-state index is -0.658. The summed E-state index contributed by atoms with van der Waals surface area (Å²) in [5.74, 6) is 0.0752. The van der Waals surface area contributed by atoms with Crippen LogP contribution in [-0.4, -0.2) is 22.4 Å². The van der Waals surface area contributed by atoms with E-state index in [1.165, 1.54) is 0 Å². The second-order valence-electron chi connectivity index (χ2n) is 5.14. The summed E-state index contributed by atoms with van der Waals surface area (Å²) in [7, 11) is 0. The molecule has 2 N–H and O–H groups in total. The fourth-order valence-corrected chi connectivity index (χ4v) is 3.23. The van der Waals surface area contributed by atoms with Crippen LogP contribution < -0.4 is 0 Å². The van der Waals surface area contributed by atoms with E-state index in [4.69, 9.17) is 0 Å². The van der Waals surface area contributed by atoms with E-state index in [0.717, 1.165) is 25.7 Å². The maximum atomic E-state index is 10.7. The van der Waals surface area contributed by atoms with Crippen LogP contribution in [0.1, 0.15) is 39.0 Å². The van der Waals surface area contributed by atoms with E-state index in [2.05, 4.69) is 19.1 Å². The number of hydrogen-bond acceptors (Lipinski definition) is 2. The van der Waals surface area contributed by atoms with E-state index in [9.17, 15) is 10.2 Å². The Bertz CT molecular complexity index is 249. The summed E-state index contributed by atoms with van der Waals surface area (Å²) < 4.78 is 0. The molecule has 0 aromatic heterocycles. The predicted octanol–water partition coefficient (Wildman–Crippen LogP) is 1.87. The molecule has 0 radical (unpaired) electrons. The first-order chi connectivity index (χ1) is 6.62. The molecule has 0 aromatic carbocycles. The lowest BCUT2D eigenvalue weighted by molar-refractivity contribution is -0.157. The zero-order valence-electron chi connectivity index (χ0n) is 8.87. The Labute approximate surface area is 85.6 Å². The Hall–Kier alpha value is -0.340. The Morgan fingerprint density at radius 3 is 2.79 bits per heavy atom. The van der Waals surface area contributed by atoms with Crippen LogP contribution in [0.3, 0.4) is 0 Å². The highest BCUT2D eigenvalue weighted by molar-refractivity contribution is 5.13. The Morgan fingerprint density at radius 1 is 1.36 bits per heavy atom. The molecule has 0 saturated heterocycles. The maximum Gasteiger partial charge on any atom is 0.0788 e. The van der Waals surface area contributed by atoms with E-state index in [1.807, 2.05) is 0 Å². The molecule has 3 atom stereocenters. The van der Waals surface area contributed by atoms with Crippen molar-refractivity contribution >= 4 is 0 Å². The predicted molar refractivity (Wildman–Crippen MR) is 55.9 cm³/mol. The van der Waals surface area contributed by atoms with Gasteiger partial charge in [0.15, 0.2) is 0 Å². The first-order valence-electron chi connectivity index (χ1n) is 5.61. The van der Waals surface area contributed by atoms with Crippen molar-refractivity contribution < 1.29 is 10.2 Å². The van der Waals surface area contributed by atoms with Crippen LogP contribution in [0, 0.1) is 11.3 Å². The fourth-order valence-electron chi connectivity index (χ4n) is 3.23. The smallest absolute Gasteiger partial charge is 0.0788 e. The third-order valence-electron chi connectivity index (χ3n) is 4.39. The highest BCUT2D eigenvalue weighted by Gasteiger charge is 2.53. The van der Waals surface area contributed by atoms with Gasteiger partial charge in [-0.1, -0.05) is 25.5 Å². The van der Waals surface area contributed by atoms with Gasteiger partial charge in [0.2, 0.25) is 0 Å². The average molecular weight is 196 g/mol. The number of aliphatic hydroxyl groups excluding tert-OH is 1. The van der Waals surface area contributed by atoms with Crippen LogP contribution >= 0.6 is 0 Å². The Kier molecular flexibility index (Phi) is 2.44. The van der Waals surface area contributed by atoms with Gasteiger partial charge >= 0.3 is 0 Å². The number of allylic oxidation sites excluding steroid dienone is 1. The van der Waals surface area contributed by atoms with E-state index < -0.39 is 5.60 Å². The molecule has 0 unspecified atom stereocenters. The van der Waals surface area contributed by atoms with Crippen LogP contribution in [0.4, 0.5) is 0 Å². The summed E-state index contributed by atoms with van der Waals surface area (Å²) in [5.41, 5.74) is -0.665. The third kappa shape index (κ3) is 1.24. The lowest BCUT2D eigenvalue weighted by atomic mass is 9.55. The van der Waals surface area contributed by atoms with Crippen molar-refractivity contribution in [2.45, 2.75) is 44.6 Å². The second-order valence-corrected chi connectivity index (χ2v) is 5.14. The average Bonchev–Trinajstić information content (AvgIpc) is 2.17. The van der Waals surface area contributed by atoms with E-state index >= 15 is 0 Å². The largest absolute Gasteiger partial charge is 0.396 e. The number of fused-ring (bicyclic) bond motifs is 1. The van der Waals surface area contributed by atoms with Crippen molar-refractivity contribution in [3.8, 4) is 0 Å². The summed E-state index contributed by atoms with van der Waals surface area (Å²) in [6.07, 6.45) is 9.11. The van der Waals surface area contributed by atoms with Crippen LogP contribution in [-0.2, 0) is 0 Å². The van der Waals surface area contributed by atoms with Gasteiger partial charge in [-0.2, -0.15) is 0 Å². The second kappa shape index (κ2) is 3.35. The van der Waals surface area contributed by atoms with Crippen LogP contribution in [0.2, 0.25) is 0 Å². The number of rotatable bonds is 1. The normalized spacial score (nSPS) is 47.5. The highest BCUT2D eigenvalue weighted by atomic mass is 16.3. The van der Waals surface area contributed by atoms with E-state index in [1.54, 1.807) is 0 Å². The molecular formula is C12H20O2. The molecule has 0 bridgehead atoms. The standard InChI is InChI=1S/C12H20O2/c1-11-6-2-3-8-12(11,14)10(9-13)5-4-7-11/h2-3,10,13-14H,4-9H2,1H3/t10-,11-,12+/m1/s1. The summed E-state index contributed by atoms with van der Waals surface area (Å²) in [6.45, 7) is 2.29. The molecule has 0 spiro atoms. The SMILES string of the molecule is C[C@]12CC=CC[C@]1(O)[C@@H](CO)CCC2. The molecule has 14 heavy (non-hydrogen) atoms. The highest BCUT2D eigenvalue weighted by Crippen LogP contribution is 2.53. The molecule has 80 valence electrons.